The van der Waals surface area contributed by atoms with Crippen LogP contribution in [0.15, 0.2) is 18.2 Å². The van der Waals surface area contributed by atoms with Gasteiger partial charge in [-0.05, 0) is 37.6 Å². The maximum atomic E-state index is 6.09. The van der Waals surface area contributed by atoms with Crippen LogP contribution in [0.3, 0.4) is 0 Å². The molecule has 1 atom stereocenters. The van der Waals surface area contributed by atoms with Crippen LogP contribution >= 0.6 is 23.2 Å². The molecule has 1 unspecified atom stereocenters. The topological polar surface area (TPSA) is 12.0 Å². The van der Waals surface area contributed by atoms with Gasteiger partial charge in [-0.25, -0.2) is 0 Å². The summed E-state index contributed by atoms with van der Waals surface area (Å²) in [4.78, 5) is 0. The second-order valence-electron chi connectivity index (χ2n) is 3.58. The van der Waals surface area contributed by atoms with Gasteiger partial charge in [0.05, 0.1) is 10.0 Å². The number of hydrogen-bond donors (Lipinski definition) is 1. The Morgan fingerprint density at radius 2 is 2.07 bits per heavy atom. The van der Waals surface area contributed by atoms with E-state index in [0.29, 0.717) is 16.0 Å². The Morgan fingerprint density at radius 3 is 2.71 bits per heavy atom. The van der Waals surface area contributed by atoms with E-state index in [0.717, 1.165) is 18.5 Å². The van der Waals surface area contributed by atoms with Crippen LogP contribution in [0.25, 0.3) is 0 Å². The van der Waals surface area contributed by atoms with Crippen molar-refractivity contribution in [2.45, 2.75) is 13.3 Å². The molecule has 0 radical (unpaired) electrons. The van der Waals surface area contributed by atoms with E-state index in [-0.39, 0.29) is 0 Å². The molecular weight excluding hydrogens is 217 g/mol. The Hall–Kier alpha value is -0.240. The lowest BCUT2D eigenvalue weighted by atomic mass is 10.0. The van der Waals surface area contributed by atoms with Gasteiger partial charge >= 0.3 is 0 Å². The van der Waals surface area contributed by atoms with Crippen LogP contribution in [0.4, 0.5) is 0 Å². The zero-order valence-electron chi connectivity index (χ0n) is 8.48. The van der Waals surface area contributed by atoms with Crippen molar-refractivity contribution < 1.29 is 0 Å². The molecule has 1 N–H and O–H groups in total. The van der Waals surface area contributed by atoms with Crippen molar-refractivity contribution in [1.29, 1.82) is 0 Å². The number of rotatable bonds is 4. The normalized spacial score (nSPS) is 12.9. The molecule has 0 fully saturated rings. The first-order valence-corrected chi connectivity index (χ1v) is 5.48. The van der Waals surface area contributed by atoms with Gasteiger partial charge in [0.15, 0.2) is 0 Å². The third-order valence-corrected chi connectivity index (χ3v) is 3.01. The second kappa shape index (κ2) is 5.59. The molecule has 0 saturated carbocycles. The average Bonchev–Trinajstić information content (AvgIpc) is 2.13. The van der Waals surface area contributed by atoms with E-state index in [1.165, 1.54) is 0 Å². The van der Waals surface area contributed by atoms with Crippen LogP contribution in [0.1, 0.15) is 12.5 Å². The van der Waals surface area contributed by atoms with E-state index in [4.69, 9.17) is 23.2 Å². The molecule has 78 valence electrons. The van der Waals surface area contributed by atoms with Crippen molar-refractivity contribution in [3.8, 4) is 0 Å². The molecule has 0 amide bonds. The number of nitrogens with one attached hydrogen (secondary N) is 1. The summed E-state index contributed by atoms with van der Waals surface area (Å²) >= 11 is 12.0. The van der Waals surface area contributed by atoms with Gasteiger partial charge in [-0.2, -0.15) is 0 Å². The molecular formula is C11H15Cl2N. The molecule has 0 spiro atoms. The fourth-order valence-electron chi connectivity index (χ4n) is 1.50. The summed E-state index contributed by atoms with van der Waals surface area (Å²) < 4.78 is 0. The Bertz CT molecular complexity index is 299. The van der Waals surface area contributed by atoms with Gasteiger partial charge in [-0.3, -0.25) is 0 Å². The summed E-state index contributed by atoms with van der Waals surface area (Å²) in [6, 6.07) is 5.78. The number of hydrogen-bond acceptors (Lipinski definition) is 1. The van der Waals surface area contributed by atoms with Gasteiger partial charge in [-0.15, -0.1) is 0 Å². The summed E-state index contributed by atoms with van der Waals surface area (Å²) in [5.74, 6) is 0.566. The Morgan fingerprint density at radius 1 is 1.36 bits per heavy atom. The first-order chi connectivity index (χ1) is 6.65. The standard InChI is InChI=1S/C11H15Cl2N/c1-8(7-14-2)6-9-4-3-5-10(12)11(9)13/h3-5,8,14H,6-7H2,1-2H3. The fraction of sp³-hybridized carbons (Fsp3) is 0.455. The van der Waals surface area contributed by atoms with E-state index >= 15 is 0 Å². The summed E-state index contributed by atoms with van der Waals surface area (Å²) in [5.41, 5.74) is 1.13. The van der Waals surface area contributed by atoms with Gasteiger partial charge in [0, 0.05) is 0 Å². The molecule has 1 rings (SSSR count). The first-order valence-electron chi connectivity index (χ1n) is 4.72. The average molecular weight is 232 g/mol. The second-order valence-corrected chi connectivity index (χ2v) is 4.37. The molecule has 0 saturated heterocycles. The van der Waals surface area contributed by atoms with Crippen molar-refractivity contribution in [3.05, 3.63) is 33.8 Å². The highest BCUT2D eigenvalue weighted by atomic mass is 35.5. The molecule has 1 aromatic rings. The lowest BCUT2D eigenvalue weighted by molar-refractivity contribution is 0.542. The summed E-state index contributed by atoms with van der Waals surface area (Å²) in [6.07, 6.45) is 0.959. The molecule has 3 heteroatoms. The lowest BCUT2D eigenvalue weighted by Crippen LogP contribution is -2.18. The van der Waals surface area contributed by atoms with Gasteiger partial charge in [-0.1, -0.05) is 42.3 Å². The first kappa shape index (κ1) is 11.8. The highest BCUT2D eigenvalue weighted by Gasteiger charge is 2.08. The molecule has 0 aliphatic rings. The zero-order valence-corrected chi connectivity index (χ0v) is 9.99. The van der Waals surface area contributed by atoms with Gasteiger partial charge in [0.2, 0.25) is 0 Å². The van der Waals surface area contributed by atoms with Crippen molar-refractivity contribution >= 4 is 23.2 Å². The molecule has 0 aromatic heterocycles. The quantitative estimate of drug-likeness (QED) is 0.838. The molecule has 1 aromatic carbocycles. The van der Waals surface area contributed by atoms with Crippen LogP contribution in [0.5, 0.6) is 0 Å². The molecule has 0 aliphatic carbocycles. The van der Waals surface area contributed by atoms with Crippen LogP contribution in [0.2, 0.25) is 10.0 Å². The zero-order chi connectivity index (χ0) is 10.6. The minimum Gasteiger partial charge on any atom is -0.319 e. The minimum atomic E-state index is 0.566. The molecule has 0 heterocycles. The summed E-state index contributed by atoms with van der Waals surface area (Å²) in [7, 11) is 1.95. The Balaban J connectivity index is 2.71. The van der Waals surface area contributed by atoms with E-state index in [9.17, 15) is 0 Å². The highest BCUT2D eigenvalue weighted by molar-refractivity contribution is 6.42. The van der Waals surface area contributed by atoms with Crippen LogP contribution in [-0.2, 0) is 6.42 Å². The van der Waals surface area contributed by atoms with E-state index in [1.807, 2.05) is 25.2 Å². The number of benzene rings is 1. The van der Waals surface area contributed by atoms with E-state index in [2.05, 4.69) is 12.2 Å². The lowest BCUT2D eigenvalue weighted by Gasteiger charge is -2.12. The van der Waals surface area contributed by atoms with Gasteiger partial charge in [0.25, 0.3) is 0 Å². The summed E-state index contributed by atoms with van der Waals surface area (Å²) in [5, 5.41) is 4.48. The fourth-order valence-corrected chi connectivity index (χ4v) is 1.90. The molecule has 0 aliphatic heterocycles. The van der Waals surface area contributed by atoms with Crippen molar-refractivity contribution in [3.63, 3.8) is 0 Å². The predicted octanol–water partition coefficient (Wildman–Crippen LogP) is 3.39. The largest absolute Gasteiger partial charge is 0.319 e. The third kappa shape index (κ3) is 3.16. The molecule has 14 heavy (non-hydrogen) atoms. The Labute approximate surface area is 95.4 Å². The Kier molecular flexibility index (Phi) is 4.73. The molecule has 0 bridgehead atoms. The highest BCUT2D eigenvalue weighted by Crippen LogP contribution is 2.27. The monoisotopic (exact) mass is 231 g/mol. The summed E-state index contributed by atoms with van der Waals surface area (Å²) in [6.45, 7) is 3.18. The predicted molar refractivity (Wildman–Crippen MR) is 63.3 cm³/mol. The maximum absolute atomic E-state index is 6.09. The van der Waals surface area contributed by atoms with Crippen LogP contribution in [0, 0.1) is 5.92 Å². The van der Waals surface area contributed by atoms with E-state index in [1.54, 1.807) is 0 Å². The van der Waals surface area contributed by atoms with Crippen LogP contribution in [-0.4, -0.2) is 13.6 Å². The van der Waals surface area contributed by atoms with Gasteiger partial charge in [0.1, 0.15) is 0 Å². The van der Waals surface area contributed by atoms with Crippen LogP contribution < -0.4 is 5.32 Å². The third-order valence-electron chi connectivity index (χ3n) is 2.15. The van der Waals surface area contributed by atoms with Gasteiger partial charge < -0.3 is 5.32 Å². The molecule has 1 nitrogen and oxygen atoms in total. The smallest absolute Gasteiger partial charge is 0.0624 e. The minimum absolute atomic E-state index is 0.566. The number of halogens is 2. The van der Waals surface area contributed by atoms with E-state index < -0.39 is 0 Å². The maximum Gasteiger partial charge on any atom is 0.0624 e. The van der Waals surface area contributed by atoms with Crippen molar-refractivity contribution in [1.82, 2.24) is 5.32 Å². The SMILES string of the molecule is CNCC(C)Cc1cccc(Cl)c1Cl. The van der Waals surface area contributed by atoms with Crippen molar-refractivity contribution in [2.24, 2.45) is 5.92 Å². The van der Waals surface area contributed by atoms with Crippen molar-refractivity contribution in [2.75, 3.05) is 13.6 Å².